The van der Waals surface area contributed by atoms with Crippen molar-refractivity contribution in [2.45, 2.75) is 75.9 Å². The SMILES string of the molecule is CC(CCC[C@@H](O)/C=C/[C@H]1CCC[C@@](O)(CC(=O)O)C1)c1ccccc1. The van der Waals surface area contributed by atoms with E-state index in [4.69, 9.17) is 5.11 Å². The Labute approximate surface area is 156 Å². The average Bonchev–Trinajstić information content (AvgIpc) is 2.59. The van der Waals surface area contributed by atoms with Gasteiger partial charge in [-0.25, -0.2) is 0 Å². The first-order valence-electron chi connectivity index (χ1n) is 9.73. The van der Waals surface area contributed by atoms with E-state index in [9.17, 15) is 15.0 Å². The molecule has 1 aromatic rings. The van der Waals surface area contributed by atoms with Crippen LogP contribution in [0.5, 0.6) is 0 Å². The van der Waals surface area contributed by atoms with Crippen LogP contribution in [-0.2, 0) is 4.79 Å². The van der Waals surface area contributed by atoms with Gasteiger partial charge in [-0.05, 0) is 62.3 Å². The van der Waals surface area contributed by atoms with Crippen LogP contribution in [0, 0.1) is 5.92 Å². The monoisotopic (exact) mass is 360 g/mol. The normalized spacial score (nSPS) is 25.9. The number of carboxylic acid groups (broad SMARTS) is 1. The maximum Gasteiger partial charge on any atom is 0.306 e. The summed E-state index contributed by atoms with van der Waals surface area (Å²) >= 11 is 0. The molecule has 0 radical (unpaired) electrons. The van der Waals surface area contributed by atoms with Crippen molar-refractivity contribution in [3.63, 3.8) is 0 Å². The molecule has 0 saturated heterocycles. The van der Waals surface area contributed by atoms with Gasteiger partial charge in [0.15, 0.2) is 0 Å². The molecule has 0 aromatic heterocycles. The summed E-state index contributed by atoms with van der Waals surface area (Å²) in [6, 6.07) is 10.4. The molecular formula is C22H32O4. The molecule has 1 aliphatic rings. The summed E-state index contributed by atoms with van der Waals surface area (Å²) in [5.74, 6) is -0.326. The van der Waals surface area contributed by atoms with Gasteiger partial charge in [0, 0.05) is 0 Å². The molecule has 4 atom stereocenters. The van der Waals surface area contributed by atoms with Crippen LogP contribution in [0.15, 0.2) is 42.5 Å². The van der Waals surface area contributed by atoms with Crippen molar-refractivity contribution in [3.8, 4) is 0 Å². The standard InChI is InChI=1S/C22H32O4/c1-17(19-9-3-2-4-10-19)7-5-11-20(23)13-12-18-8-6-14-22(26,15-18)16-21(24)25/h2-4,9-10,12-13,17-18,20,23,26H,5-8,11,14-16H2,1H3,(H,24,25)/b13-12+/t17?,18-,20-,22+/m1/s1. The van der Waals surface area contributed by atoms with Gasteiger partial charge in [0.1, 0.15) is 0 Å². The fourth-order valence-corrected chi connectivity index (χ4v) is 3.95. The zero-order valence-electron chi connectivity index (χ0n) is 15.7. The van der Waals surface area contributed by atoms with Crippen molar-refractivity contribution in [3.05, 3.63) is 48.0 Å². The number of rotatable bonds is 9. The minimum Gasteiger partial charge on any atom is -0.481 e. The van der Waals surface area contributed by atoms with E-state index in [1.807, 2.05) is 18.2 Å². The molecule has 1 unspecified atom stereocenters. The molecule has 26 heavy (non-hydrogen) atoms. The Hall–Kier alpha value is -1.65. The first-order chi connectivity index (χ1) is 12.4. The van der Waals surface area contributed by atoms with Crippen LogP contribution >= 0.6 is 0 Å². The van der Waals surface area contributed by atoms with E-state index in [0.29, 0.717) is 18.8 Å². The second-order valence-corrected chi connectivity index (χ2v) is 7.85. The summed E-state index contributed by atoms with van der Waals surface area (Å²) in [4.78, 5) is 10.9. The van der Waals surface area contributed by atoms with Crippen molar-refractivity contribution < 1.29 is 20.1 Å². The number of carboxylic acids is 1. The van der Waals surface area contributed by atoms with Gasteiger partial charge in [0.25, 0.3) is 0 Å². The number of hydrogen-bond acceptors (Lipinski definition) is 3. The minimum atomic E-state index is -1.10. The zero-order valence-corrected chi connectivity index (χ0v) is 15.7. The topological polar surface area (TPSA) is 77.8 Å². The molecule has 0 spiro atoms. The molecule has 0 bridgehead atoms. The van der Waals surface area contributed by atoms with Gasteiger partial charge in [-0.3, -0.25) is 4.79 Å². The van der Waals surface area contributed by atoms with Gasteiger partial charge in [0.05, 0.1) is 18.1 Å². The molecule has 0 heterocycles. The summed E-state index contributed by atoms with van der Waals surface area (Å²) in [6.45, 7) is 2.21. The Morgan fingerprint density at radius 1 is 1.31 bits per heavy atom. The fourth-order valence-electron chi connectivity index (χ4n) is 3.95. The second kappa shape index (κ2) is 9.89. The summed E-state index contributed by atoms with van der Waals surface area (Å²) in [5, 5.41) is 29.5. The first kappa shape index (κ1) is 20.7. The molecule has 1 saturated carbocycles. The second-order valence-electron chi connectivity index (χ2n) is 7.85. The molecule has 4 nitrogen and oxygen atoms in total. The molecular weight excluding hydrogens is 328 g/mol. The summed E-state index contributed by atoms with van der Waals surface area (Å²) < 4.78 is 0. The Kier molecular flexibility index (Phi) is 7.85. The molecule has 4 heteroatoms. The van der Waals surface area contributed by atoms with Crippen LogP contribution < -0.4 is 0 Å². The third kappa shape index (κ3) is 6.93. The third-order valence-corrected chi connectivity index (χ3v) is 5.45. The van der Waals surface area contributed by atoms with Crippen molar-refractivity contribution in [2.24, 2.45) is 5.92 Å². The average molecular weight is 360 g/mol. The van der Waals surface area contributed by atoms with E-state index in [1.165, 1.54) is 5.56 Å². The van der Waals surface area contributed by atoms with E-state index in [-0.39, 0.29) is 12.3 Å². The van der Waals surface area contributed by atoms with Crippen molar-refractivity contribution in [1.82, 2.24) is 0 Å². The van der Waals surface area contributed by atoms with E-state index in [1.54, 1.807) is 0 Å². The maximum absolute atomic E-state index is 10.9. The van der Waals surface area contributed by atoms with E-state index < -0.39 is 17.7 Å². The predicted octanol–water partition coefficient (Wildman–Crippen LogP) is 4.27. The molecule has 1 aliphatic carbocycles. The van der Waals surface area contributed by atoms with Crippen molar-refractivity contribution >= 4 is 5.97 Å². The molecule has 1 fully saturated rings. The highest BCUT2D eigenvalue weighted by Gasteiger charge is 2.35. The molecule has 2 rings (SSSR count). The van der Waals surface area contributed by atoms with E-state index in [2.05, 4.69) is 31.2 Å². The lowest BCUT2D eigenvalue weighted by Crippen LogP contribution is -2.37. The number of hydrogen-bond donors (Lipinski definition) is 3. The number of aliphatic hydroxyl groups excluding tert-OH is 1. The van der Waals surface area contributed by atoms with E-state index in [0.717, 1.165) is 32.1 Å². The van der Waals surface area contributed by atoms with Crippen molar-refractivity contribution in [1.29, 1.82) is 0 Å². The number of aliphatic hydroxyl groups is 2. The summed E-state index contributed by atoms with van der Waals surface area (Å²) in [7, 11) is 0. The Morgan fingerprint density at radius 3 is 2.73 bits per heavy atom. The Bertz CT molecular complexity index is 583. The predicted molar refractivity (Wildman–Crippen MR) is 103 cm³/mol. The quantitative estimate of drug-likeness (QED) is 0.575. The van der Waals surface area contributed by atoms with Crippen LogP contribution in [0.4, 0.5) is 0 Å². The van der Waals surface area contributed by atoms with Gasteiger partial charge in [0.2, 0.25) is 0 Å². The molecule has 3 N–H and O–H groups in total. The van der Waals surface area contributed by atoms with Crippen LogP contribution in [-0.4, -0.2) is 33.0 Å². The highest BCUT2D eigenvalue weighted by molar-refractivity contribution is 5.68. The van der Waals surface area contributed by atoms with E-state index >= 15 is 0 Å². The summed E-state index contributed by atoms with van der Waals surface area (Å²) in [5.41, 5.74) is 0.229. The number of carbonyl (C=O) groups is 1. The molecule has 0 aliphatic heterocycles. The van der Waals surface area contributed by atoms with Crippen LogP contribution in [0.2, 0.25) is 0 Å². The molecule has 1 aromatic carbocycles. The number of benzene rings is 1. The molecule has 144 valence electrons. The lowest BCUT2D eigenvalue weighted by atomic mass is 9.76. The van der Waals surface area contributed by atoms with Crippen LogP contribution in [0.25, 0.3) is 0 Å². The Balaban J connectivity index is 1.73. The van der Waals surface area contributed by atoms with Crippen LogP contribution in [0.3, 0.4) is 0 Å². The highest BCUT2D eigenvalue weighted by atomic mass is 16.4. The lowest BCUT2D eigenvalue weighted by Gasteiger charge is -2.34. The largest absolute Gasteiger partial charge is 0.481 e. The zero-order chi connectivity index (χ0) is 19.0. The summed E-state index contributed by atoms with van der Waals surface area (Å²) in [6.07, 6.45) is 8.61. The number of aliphatic carboxylic acids is 1. The van der Waals surface area contributed by atoms with Crippen molar-refractivity contribution in [2.75, 3.05) is 0 Å². The smallest absolute Gasteiger partial charge is 0.306 e. The van der Waals surface area contributed by atoms with Gasteiger partial charge < -0.3 is 15.3 Å². The first-order valence-corrected chi connectivity index (χ1v) is 9.73. The highest BCUT2D eigenvalue weighted by Crippen LogP contribution is 2.35. The minimum absolute atomic E-state index is 0.144. The van der Waals surface area contributed by atoms with Crippen LogP contribution in [0.1, 0.15) is 69.8 Å². The lowest BCUT2D eigenvalue weighted by molar-refractivity contribution is -0.144. The van der Waals surface area contributed by atoms with Gasteiger partial charge in [-0.2, -0.15) is 0 Å². The third-order valence-electron chi connectivity index (χ3n) is 5.45. The number of allylic oxidation sites excluding steroid dienone is 1. The van der Waals surface area contributed by atoms with Gasteiger partial charge >= 0.3 is 5.97 Å². The fraction of sp³-hybridized carbons (Fsp3) is 0.591. The van der Waals surface area contributed by atoms with Gasteiger partial charge in [-0.15, -0.1) is 0 Å². The molecule has 0 amide bonds. The van der Waals surface area contributed by atoms with Gasteiger partial charge in [-0.1, -0.05) is 49.4 Å². The Morgan fingerprint density at radius 2 is 2.04 bits per heavy atom. The maximum atomic E-state index is 10.9.